The van der Waals surface area contributed by atoms with Crippen LogP contribution < -0.4 is 21.3 Å². The maximum absolute atomic E-state index is 13.7. The second kappa shape index (κ2) is 19.8. The van der Waals surface area contributed by atoms with Gasteiger partial charge in [-0.25, -0.2) is 24.0 Å². The first-order chi connectivity index (χ1) is 32.2. The van der Waals surface area contributed by atoms with Gasteiger partial charge in [0.25, 0.3) is 5.91 Å². The van der Waals surface area contributed by atoms with Crippen molar-refractivity contribution < 1.29 is 57.6 Å². The number of fused-ring (bicyclic) bond motifs is 5. The molecule has 0 saturated heterocycles. The Morgan fingerprint density at radius 1 is 0.721 bits per heavy atom. The summed E-state index contributed by atoms with van der Waals surface area (Å²) in [5.41, 5.74) is 4.11. The molecule has 4 aromatic carbocycles. The number of benzene rings is 5. The summed E-state index contributed by atoms with van der Waals surface area (Å²) in [5, 5.41) is 28.9. The molecular formula is C52H52N4O12. The molecule has 2 aliphatic carbocycles. The molecule has 1 atom stereocenters. The third kappa shape index (κ3) is 11.5. The molecule has 4 aromatic rings. The van der Waals surface area contributed by atoms with Gasteiger partial charge in [-0.3, -0.25) is 10.1 Å². The SMILES string of the molecule is CC(C)(C)OC(=O)/N=c1\ccc2c(-c3cc(C(=O)NCCCC[C@@H](NC(=O)OCC4c5ccccc5-c5ccccc54)C(=O)O)ccc3C(=O)O)c3ccc(NC(=O)OC(C)(C)C)cc3oc-2c1. The van der Waals surface area contributed by atoms with Gasteiger partial charge in [-0.2, -0.15) is 4.99 Å². The number of carboxylic acids is 2. The third-order valence-corrected chi connectivity index (χ3v) is 10.9. The Morgan fingerprint density at radius 2 is 1.40 bits per heavy atom. The predicted molar refractivity (Wildman–Crippen MR) is 253 cm³/mol. The molecule has 1 aliphatic heterocycles. The molecular weight excluding hydrogens is 873 g/mol. The molecule has 7 rings (SSSR count). The van der Waals surface area contributed by atoms with E-state index in [0.29, 0.717) is 35.0 Å². The molecule has 16 heteroatoms. The number of amides is 4. The Balaban J connectivity index is 1.07. The van der Waals surface area contributed by atoms with Crippen LogP contribution in [0, 0.1) is 0 Å². The number of ether oxygens (including phenoxy) is 3. The van der Waals surface area contributed by atoms with Crippen LogP contribution in [0.5, 0.6) is 0 Å². The van der Waals surface area contributed by atoms with Gasteiger partial charge in [-0.15, -0.1) is 0 Å². The van der Waals surface area contributed by atoms with Crippen molar-refractivity contribution >= 4 is 52.8 Å². The number of nitrogens with one attached hydrogen (secondary N) is 3. The average Bonchev–Trinajstić information content (AvgIpc) is 3.58. The van der Waals surface area contributed by atoms with E-state index < -0.39 is 53.4 Å². The molecule has 16 nitrogen and oxygen atoms in total. The summed E-state index contributed by atoms with van der Waals surface area (Å²) in [4.78, 5) is 80.9. The second-order valence-corrected chi connectivity index (χ2v) is 18.3. The Kier molecular flexibility index (Phi) is 14.0. The largest absolute Gasteiger partial charge is 0.480 e. The van der Waals surface area contributed by atoms with Crippen molar-refractivity contribution in [3.8, 4) is 33.6 Å². The number of aliphatic carboxylic acids is 1. The lowest BCUT2D eigenvalue weighted by atomic mass is 9.89. The van der Waals surface area contributed by atoms with E-state index in [1.165, 1.54) is 24.3 Å². The lowest BCUT2D eigenvalue weighted by Gasteiger charge is -2.20. The van der Waals surface area contributed by atoms with Crippen LogP contribution >= 0.6 is 0 Å². The molecule has 0 saturated carbocycles. The van der Waals surface area contributed by atoms with Crippen LogP contribution in [0.2, 0.25) is 0 Å². The minimum Gasteiger partial charge on any atom is -0.480 e. The number of carboxylic acid groups (broad SMARTS) is 2. The molecule has 4 amide bonds. The van der Waals surface area contributed by atoms with Crippen LogP contribution in [0.25, 0.3) is 44.5 Å². The molecule has 0 bridgehead atoms. The van der Waals surface area contributed by atoms with E-state index in [4.69, 9.17) is 18.6 Å². The minimum atomic E-state index is -1.27. The standard InChI is InChI=1S/C52H52N4O12/c1-51(2,3)67-49(63)54-30-19-22-37-42(26-30)66-43-27-31(55-50(64)68-52(4,5)6)20-23-38(43)44(37)39-25-29(18-21-36(39)46(58)59)45(57)53-24-12-11-17-41(47(60)61)56-48(62)65-28-40-34-15-9-7-13-32(34)33-14-8-10-16-35(33)40/h7-10,13-16,18-23,25-27,40-41H,11-12,17,24,28H2,1-6H3,(H,53,57)(H,54,63)(H,56,62)(H,58,59)(H,60,61)/b55-31+/t41-/m1/s1. The maximum Gasteiger partial charge on any atom is 0.434 e. The number of rotatable bonds is 13. The van der Waals surface area contributed by atoms with Crippen LogP contribution in [-0.4, -0.2) is 76.7 Å². The molecule has 3 aliphatic rings. The van der Waals surface area contributed by atoms with E-state index >= 15 is 0 Å². The Bertz CT molecular complexity index is 2930. The smallest absolute Gasteiger partial charge is 0.434 e. The highest BCUT2D eigenvalue weighted by Gasteiger charge is 2.30. The van der Waals surface area contributed by atoms with Crippen molar-refractivity contribution in [3.05, 3.63) is 131 Å². The summed E-state index contributed by atoms with van der Waals surface area (Å²) in [6.07, 6.45) is -1.66. The van der Waals surface area contributed by atoms with Crippen LogP contribution in [-0.2, 0) is 19.0 Å². The average molecular weight is 925 g/mol. The fourth-order valence-electron chi connectivity index (χ4n) is 8.02. The Morgan fingerprint density at radius 3 is 2.04 bits per heavy atom. The first-order valence-electron chi connectivity index (χ1n) is 22.0. The van der Waals surface area contributed by atoms with Gasteiger partial charge in [0.15, 0.2) is 0 Å². The number of alkyl carbamates (subject to hydrolysis) is 1. The van der Waals surface area contributed by atoms with Crippen LogP contribution in [0.15, 0.2) is 113 Å². The predicted octanol–water partition coefficient (Wildman–Crippen LogP) is 9.98. The third-order valence-electron chi connectivity index (χ3n) is 10.9. The van der Waals surface area contributed by atoms with Gasteiger partial charge in [0, 0.05) is 52.4 Å². The molecule has 68 heavy (non-hydrogen) atoms. The zero-order chi connectivity index (χ0) is 48.9. The van der Waals surface area contributed by atoms with Gasteiger partial charge in [0.2, 0.25) is 0 Å². The van der Waals surface area contributed by atoms with E-state index in [9.17, 15) is 39.0 Å². The normalized spacial score (nSPS) is 13.0. The number of nitrogens with zero attached hydrogens (tertiary/aromatic N) is 1. The van der Waals surface area contributed by atoms with Crippen LogP contribution in [0.1, 0.15) is 98.6 Å². The molecule has 0 radical (unpaired) electrons. The lowest BCUT2D eigenvalue weighted by Crippen LogP contribution is -2.41. The summed E-state index contributed by atoms with van der Waals surface area (Å²) in [6.45, 7) is 10.5. The lowest BCUT2D eigenvalue weighted by molar-refractivity contribution is -0.139. The highest BCUT2D eigenvalue weighted by molar-refractivity contribution is 6.09. The fourth-order valence-corrected chi connectivity index (χ4v) is 8.02. The molecule has 0 spiro atoms. The zero-order valence-corrected chi connectivity index (χ0v) is 38.4. The van der Waals surface area contributed by atoms with Crippen molar-refractivity contribution in [2.24, 2.45) is 4.99 Å². The molecule has 0 fully saturated rings. The summed E-state index contributed by atoms with van der Waals surface area (Å²) in [7, 11) is 0. The minimum absolute atomic E-state index is 0.0285. The summed E-state index contributed by atoms with van der Waals surface area (Å²) < 4.78 is 22.6. The number of hydrogen-bond donors (Lipinski definition) is 5. The number of anilines is 1. The molecule has 0 unspecified atom stereocenters. The van der Waals surface area contributed by atoms with Gasteiger partial charge in [-0.1, -0.05) is 48.5 Å². The molecule has 0 aromatic heterocycles. The first kappa shape index (κ1) is 47.9. The van der Waals surface area contributed by atoms with E-state index in [0.717, 1.165) is 22.3 Å². The molecule has 5 N–H and O–H groups in total. The monoisotopic (exact) mass is 924 g/mol. The summed E-state index contributed by atoms with van der Waals surface area (Å²) in [5.74, 6) is -3.01. The summed E-state index contributed by atoms with van der Waals surface area (Å²) >= 11 is 0. The zero-order valence-electron chi connectivity index (χ0n) is 38.4. The van der Waals surface area contributed by atoms with Gasteiger partial charge in [0.1, 0.15) is 35.2 Å². The maximum atomic E-state index is 13.7. The highest BCUT2D eigenvalue weighted by atomic mass is 16.6. The van der Waals surface area contributed by atoms with E-state index in [-0.39, 0.29) is 58.9 Å². The summed E-state index contributed by atoms with van der Waals surface area (Å²) in [6, 6.07) is 28.1. The van der Waals surface area contributed by atoms with Gasteiger partial charge >= 0.3 is 30.2 Å². The number of carbonyl (C=O) groups is 6. The molecule has 1 heterocycles. The highest BCUT2D eigenvalue weighted by Crippen LogP contribution is 2.45. The van der Waals surface area contributed by atoms with Crippen molar-refractivity contribution in [2.75, 3.05) is 18.5 Å². The van der Waals surface area contributed by atoms with Gasteiger partial charge in [-0.05, 0) is 131 Å². The van der Waals surface area contributed by atoms with Crippen molar-refractivity contribution in [3.63, 3.8) is 0 Å². The number of hydrogen-bond acceptors (Lipinski definition) is 10. The topological polar surface area (TPSA) is 232 Å². The van der Waals surface area contributed by atoms with Crippen molar-refractivity contribution in [1.29, 1.82) is 0 Å². The van der Waals surface area contributed by atoms with E-state index in [1.807, 2.05) is 48.5 Å². The number of aromatic carboxylic acids is 1. The van der Waals surface area contributed by atoms with Crippen molar-refractivity contribution in [1.82, 2.24) is 10.6 Å². The van der Waals surface area contributed by atoms with Crippen LogP contribution in [0.4, 0.5) is 20.1 Å². The van der Waals surface area contributed by atoms with E-state index in [2.05, 4.69) is 20.9 Å². The second-order valence-electron chi connectivity index (χ2n) is 18.3. The fraction of sp³-hybridized carbons (Fsp3) is 0.288. The van der Waals surface area contributed by atoms with Gasteiger partial charge < -0.3 is 39.5 Å². The van der Waals surface area contributed by atoms with Crippen LogP contribution in [0.3, 0.4) is 0 Å². The van der Waals surface area contributed by atoms with Gasteiger partial charge in [0.05, 0.1) is 10.9 Å². The Labute approximate surface area is 391 Å². The Hall–Kier alpha value is -8.01. The quantitative estimate of drug-likeness (QED) is 0.0414. The number of unbranched alkanes of at least 4 members (excludes halogenated alkanes) is 1. The van der Waals surface area contributed by atoms with Crippen molar-refractivity contribution in [2.45, 2.75) is 84.0 Å². The first-order valence-corrected chi connectivity index (χ1v) is 22.0. The molecule has 352 valence electrons. The number of carbonyl (C=O) groups excluding carboxylic acids is 4. The van der Waals surface area contributed by atoms with E-state index in [1.54, 1.807) is 71.9 Å².